The Morgan fingerprint density at radius 3 is 2.94 bits per heavy atom. The van der Waals surface area contributed by atoms with E-state index in [2.05, 4.69) is 11.9 Å². The Bertz CT molecular complexity index is 500. The van der Waals surface area contributed by atoms with Crippen LogP contribution in [0.25, 0.3) is 0 Å². The number of hydrogen-bond donors (Lipinski definition) is 2. The van der Waals surface area contributed by atoms with E-state index in [-0.39, 0.29) is 0 Å². The summed E-state index contributed by atoms with van der Waals surface area (Å²) < 4.78 is 0. The van der Waals surface area contributed by atoms with Crippen molar-refractivity contribution in [1.29, 1.82) is 10.7 Å². The Labute approximate surface area is 106 Å². The molecule has 0 heterocycles. The predicted molar refractivity (Wildman–Crippen MR) is 72.0 cm³/mol. The lowest BCUT2D eigenvalue weighted by Gasteiger charge is -2.09. The summed E-state index contributed by atoms with van der Waals surface area (Å²) in [6, 6.07) is 7.20. The number of benzene rings is 1. The first kappa shape index (κ1) is 13.7. The highest BCUT2D eigenvalue weighted by molar-refractivity contribution is 5.86. The van der Waals surface area contributed by atoms with Gasteiger partial charge in [0, 0.05) is 24.0 Å². The van der Waals surface area contributed by atoms with Gasteiger partial charge in [0.1, 0.15) is 6.29 Å². The summed E-state index contributed by atoms with van der Waals surface area (Å²) >= 11 is 0. The van der Waals surface area contributed by atoms with Crippen LogP contribution in [0.3, 0.4) is 0 Å². The van der Waals surface area contributed by atoms with Crippen molar-refractivity contribution in [2.45, 2.75) is 12.8 Å². The van der Waals surface area contributed by atoms with Crippen molar-refractivity contribution in [2.75, 3.05) is 11.9 Å². The van der Waals surface area contributed by atoms with Gasteiger partial charge >= 0.3 is 0 Å². The Morgan fingerprint density at radius 1 is 1.56 bits per heavy atom. The molecule has 4 nitrogen and oxygen atoms in total. The Kier molecular flexibility index (Phi) is 5.33. The molecule has 0 aliphatic rings. The van der Waals surface area contributed by atoms with Crippen LogP contribution in [0, 0.1) is 16.7 Å². The van der Waals surface area contributed by atoms with Gasteiger partial charge in [0.2, 0.25) is 0 Å². The number of nitrogens with zero attached hydrogens (tertiary/aromatic N) is 1. The second-order valence-electron chi connectivity index (χ2n) is 3.86. The van der Waals surface area contributed by atoms with E-state index >= 15 is 0 Å². The van der Waals surface area contributed by atoms with Gasteiger partial charge in [-0.1, -0.05) is 6.58 Å². The summed E-state index contributed by atoms with van der Waals surface area (Å²) in [5.41, 5.74) is 2.63. The van der Waals surface area contributed by atoms with E-state index in [1.807, 2.05) is 6.07 Å². The molecule has 0 unspecified atom stereocenters. The molecule has 0 atom stereocenters. The van der Waals surface area contributed by atoms with Crippen LogP contribution < -0.4 is 5.32 Å². The molecule has 0 aliphatic heterocycles. The molecule has 1 rings (SSSR count). The van der Waals surface area contributed by atoms with E-state index in [1.165, 1.54) is 6.21 Å². The van der Waals surface area contributed by atoms with E-state index in [9.17, 15) is 4.79 Å². The van der Waals surface area contributed by atoms with E-state index < -0.39 is 0 Å². The molecule has 1 aromatic carbocycles. The maximum Gasteiger partial charge on any atom is 0.145 e. The zero-order valence-corrected chi connectivity index (χ0v) is 10.1. The first-order valence-corrected chi connectivity index (χ1v) is 5.62. The van der Waals surface area contributed by atoms with Gasteiger partial charge in [-0.2, -0.15) is 5.26 Å². The number of allylic oxidation sites excluding steroid dienone is 1. The monoisotopic (exact) mass is 241 g/mol. The fraction of sp³-hybridized carbons (Fsp3) is 0.214. The summed E-state index contributed by atoms with van der Waals surface area (Å²) in [5.74, 6) is 0. The maximum atomic E-state index is 10.4. The number of carbonyl (C=O) groups is 1. The smallest absolute Gasteiger partial charge is 0.145 e. The maximum absolute atomic E-state index is 10.4. The minimum Gasteiger partial charge on any atom is -0.385 e. The summed E-state index contributed by atoms with van der Waals surface area (Å²) in [6.45, 7) is 4.30. The lowest BCUT2D eigenvalue weighted by atomic mass is 10.1. The number of carbonyl (C=O) groups excluding carboxylic acids is 1. The van der Waals surface area contributed by atoms with Gasteiger partial charge in [-0.3, -0.25) is 4.79 Å². The zero-order valence-electron chi connectivity index (χ0n) is 10.1. The second-order valence-corrected chi connectivity index (χ2v) is 3.86. The molecule has 0 spiro atoms. The molecular weight excluding hydrogens is 226 g/mol. The van der Waals surface area contributed by atoms with Gasteiger partial charge in [0.25, 0.3) is 0 Å². The van der Waals surface area contributed by atoms with Crippen molar-refractivity contribution in [1.82, 2.24) is 0 Å². The van der Waals surface area contributed by atoms with Crippen LogP contribution in [-0.4, -0.2) is 19.0 Å². The highest BCUT2D eigenvalue weighted by Crippen LogP contribution is 2.15. The molecule has 0 fully saturated rings. The highest BCUT2D eigenvalue weighted by Gasteiger charge is 2.01. The molecule has 0 saturated carbocycles. The molecule has 0 amide bonds. The molecular formula is C14H15N3O. The van der Waals surface area contributed by atoms with E-state index in [0.717, 1.165) is 18.4 Å². The topological polar surface area (TPSA) is 76.7 Å². The number of nitriles is 1. The molecule has 1 aromatic rings. The standard InChI is InChI=1S/C14H15N3O/c1-11(10-18)3-2-6-17-14-5-4-12(8-15)7-13(14)9-16/h4-5,7,9-10,16-17H,1-3,6H2. The number of anilines is 1. The predicted octanol–water partition coefficient (Wildman–Crippen LogP) is 2.50. The van der Waals surface area contributed by atoms with Crippen molar-refractivity contribution in [3.8, 4) is 6.07 Å². The minimum atomic E-state index is 0.536. The number of hydrogen-bond acceptors (Lipinski definition) is 4. The molecule has 0 saturated heterocycles. The van der Waals surface area contributed by atoms with Crippen LogP contribution >= 0.6 is 0 Å². The quantitative estimate of drug-likeness (QED) is 0.333. The average molecular weight is 241 g/mol. The van der Waals surface area contributed by atoms with Crippen molar-refractivity contribution in [3.05, 3.63) is 41.5 Å². The van der Waals surface area contributed by atoms with Gasteiger partial charge < -0.3 is 10.7 Å². The summed E-state index contributed by atoms with van der Waals surface area (Å²) in [5, 5.41) is 19.2. The Balaban J connectivity index is 2.57. The number of aldehydes is 1. The summed E-state index contributed by atoms with van der Waals surface area (Å²) in [4.78, 5) is 10.4. The SMILES string of the molecule is C=C(C=O)CCCNc1ccc(C#N)cc1C=N. The Hall–Kier alpha value is -2.41. The summed E-state index contributed by atoms with van der Waals surface area (Å²) in [6.07, 6.45) is 3.44. The van der Waals surface area contributed by atoms with Crippen molar-refractivity contribution in [2.24, 2.45) is 0 Å². The first-order valence-electron chi connectivity index (χ1n) is 5.62. The van der Waals surface area contributed by atoms with Crippen LogP contribution in [0.5, 0.6) is 0 Å². The van der Waals surface area contributed by atoms with Crippen molar-refractivity contribution >= 4 is 18.2 Å². The first-order chi connectivity index (χ1) is 8.71. The zero-order chi connectivity index (χ0) is 13.4. The normalized spacial score (nSPS) is 9.28. The molecule has 92 valence electrons. The minimum absolute atomic E-state index is 0.536. The van der Waals surface area contributed by atoms with Crippen LogP contribution in [0.4, 0.5) is 5.69 Å². The Morgan fingerprint density at radius 2 is 2.33 bits per heavy atom. The molecule has 0 aromatic heterocycles. The molecule has 0 bridgehead atoms. The van der Waals surface area contributed by atoms with Crippen LogP contribution in [0.15, 0.2) is 30.4 Å². The van der Waals surface area contributed by atoms with Gasteiger partial charge in [0.15, 0.2) is 0 Å². The largest absolute Gasteiger partial charge is 0.385 e. The molecule has 0 aliphatic carbocycles. The van der Waals surface area contributed by atoms with E-state index in [1.54, 1.807) is 18.2 Å². The number of nitrogens with one attached hydrogen (secondary N) is 2. The average Bonchev–Trinajstić information content (AvgIpc) is 2.43. The lowest BCUT2D eigenvalue weighted by Crippen LogP contribution is -2.04. The third-order valence-electron chi connectivity index (χ3n) is 2.49. The highest BCUT2D eigenvalue weighted by atomic mass is 16.1. The van der Waals surface area contributed by atoms with Gasteiger partial charge in [-0.05, 0) is 36.6 Å². The van der Waals surface area contributed by atoms with Crippen molar-refractivity contribution < 1.29 is 4.79 Å². The van der Waals surface area contributed by atoms with Gasteiger partial charge in [0.05, 0.1) is 11.6 Å². The fourth-order valence-corrected chi connectivity index (χ4v) is 1.51. The third-order valence-corrected chi connectivity index (χ3v) is 2.49. The molecule has 4 heteroatoms. The molecule has 0 radical (unpaired) electrons. The van der Waals surface area contributed by atoms with Crippen LogP contribution in [-0.2, 0) is 4.79 Å². The second kappa shape index (κ2) is 7.02. The summed E-state index contributed by atoms with van der Waals surface area (Å²) in [7, 11) is 0. The molecule has 2 N–H and O–H groups in total. The van der Waals surface area contributed by atoms with Gasteiger partial charge in [-0.15, -0.1) is 0 Å². The van der Waals surface area contributed by atoms with Crippen LogP contribution in [0.2, 0.25) is 0 Å². The number of rotatable bonds is 7. The van der Waals surface area contributed by atoms with E-state index in [4.69, 9.17) is 10.7 Å². The van der Waals surface area contributed by atoms with Crippen molar-refractivity contribution in [3.63, 3.8) is 0 Å². The van der Waals surface area contributed by atoms with Gasteiger partial charge in [-0.25, -0.2) is 0 Å². The third kappa shape index (κ3) is 3.87. The lowest BCUT2D eigenvalue weighted by molar-refractivity contribution is -0.105. The van der Waals surface area contributed by atoms with Crippen LogP contribution in [0.1, 0.15) is 24.0 Å². The molecule has 18 heavy (non-hydrogen) atoms. The fourth-order valence-electron chi connectivity index (χ4n) is 1.51. The van der Waals surface area contributed by atoms with E-state index in [0.29, 0.717) is 29.7 Å².